The summed E-state index contributed by atoms with van der Waals surface area (Å²) in [6, 6.07) is 0. The molecule has 0 bridgehead atoms. The molecule has 104 valence electrons. The van der Waals surface area contributed by atoms with Crippen LogP contribution in [-0.2, 0) is 0 Å². The van der Waals surface area contributed by atoms with Crippen LogP contribution in [0, 0.1) is 17.8 Å². The molecule has 0 aromatic carbocycles. The lowest BCUT2D eigenvalue weighted by molar-refractivity contribution is 0.0814. The molecular formula is C16H30N2. The summed E-state index contributed by atoms with van der Waals surface area (Å²) in [5, 5.41) is 3.48. The number of nitrogens with one attached hydrogen (secondary N) is 1. The van der Waals surface area contributed by atoms with E-state index in [2.05, 4.69) is 10.2 Å². The fourth-order valence-electron chi connectivity index (χ4n) is 4.41. The fraction of sp³-hybridized carbons (Fsp3) is 1.00. The van der Waals surface area contributed by atoms with E-state index in [-0.39, 0.29) is 0 Å². The van der Waals surface area contributed by atoms with Gasteiger partial charge in [0.1, 0.15) is 0 Å². The molecule has 2 nitrogen and oxygen atoms in total. The number of rotatable bonds is 3. The molecule has 0 spiro atoms. The molecule has 3 rings (SSSR count). The maximum absolute atomic E-state index is 3.48. The zero-order chi connectivity index (χ0) is 12.2. The standard InChI is InChI=1S/C16H30N2/c1-2-4-16-13-18(12-8-15(16)3-1)11-7-14-5-9-17-10-6-14/h14-17H,1-13H2/t15-,16+/m0/s1. The first-order valence-electron chi connectivity index (χ1n) is 8.35. The highest BCUT2D eigenvalue weighted by Crippen LogP contribution is 2.36. The lowest BCUT2D eigenvalue weighted by atomic mass is 9.75. The molecule has 3 fully saturated rings. The lowest BCUT2D eigenvalue weighted by Gasteiger charge is -2.41. The van der Waals surface area contributed by atoms with Gasteiger partial charge in [0.2, 0.25) is 0 Å². The van der Waals surface area contributed by atoms with Crippen molar-refractivity contribution >= 4 is 0 Å². The molecule has 2 aliphatic heterocycles. The van der Waals surface area contributed by atoms with Gasteiger partial charge < -0.3 is 10.2 Å². The first-order valence-corrected chi connectivity index (χ1v) is 8.35. The second kappa shape index (κ2) is 6.38. The summed E-state index contributed by atoms with van der Waals surface area (Å²) in [6.07, 6.45) is 11.9. The second-order valence-electron chi connectivity index (χ2n) is 6.88. The van der Waals surface area contributed by atoms with Crippen molar-refractivity contribution in [3.63, 3.8) is 0 Å². The number of fused-ring (bicyclic) bond motifs is 1. The number of nitrogens with zero attached hydrogens (tertiary/aromatic N) is 1. The number of hydrogen-bond acceptors (Lipinski definition) is 2. The quantitative estimate of drug-likeness (QED) is 0.828. The highest BCUT2D eigenvalue weighted by molar-refractivity contribution is 4.84. The smallest absolute Gasteiger partial charge is 0.00123 e. The van der Waals surface area contributed by atoms with Crippen LogP contribution >= 0.6 is 0 Å². The van der Waals surface area contributed by atoms with Crippen LogP contribution < -0.4 is 5.32 Å². The van der Waals surface area contributed by atoms with Crippen molar-refractivity contribution in [2.45, 2.75) is 51.4 Å². The van der Waals surface area contributed by atoms with Gasteiger partial charge in [0.25, 0.3) is 0 Å². The highest BCUT2D eigenvalue weighted by Gasteiger charge is 2.30. The van der Waals surface area contributed by atoms with Gasteiger partial charge in [-0.1, -0.05) is 19.3 Å². The zero-order valence-electron chi connectivity index (χ0n) is 11.9. The normalized spacial score (nSPS) is 35.3. The predicted molar refractivity (Wildman–Crippen MR) is 76.7 cm³/mol. The molecule has 1 aliphatic carbocycles. The monoisotopic (exact) mass is 250 g/mol. The first kappa shape index (κ1) is 12.9. The van der Waals surface area contributed by atoms with Gasteiger partial charge >= 0.3 is 0 Å². The third-order valence-corrected chi connectivity index (χ3v) is 5.69. The predicted octanol–water partition coefficient (Wildman–Crippen LogP) is 2.89. The molecule has 0 aromatic rings. The van der Waals surface area contributed by atoms with Crippen LogP contribution in [-0.4, -0.2) is 37.6 Å². The molecule has 1 N–H and O–H groups in total. The Balaban J connectivity index is 1.40. The maximum atomic E-state index is 3.48. The average molecular weight is 250 g/mol. The Morgan fingerprint density at radius 3 is 2.50 bits per heavy atom. The van der Waals surface area contributed by atoms with Gasteiger partial charge in [-0.25, -0.2) is 0 Å². The summed E-state index contributed by atoms with van der Waals surface area (Å²) >= 11 is 0. The van der Waals surface area contributed by atoms with Crippen LogP contribution in [0.2, 0.25) is 0 Å². The van der Waals surface area contributed by atoms with Crippen LogP contribution in [0.5, 0.6) is 0 Å². The van der Waals surface area contributed by atoms with Crippen LogP contribution in [0.1, 0.15) is 51.4 Å². The van der Waals surface area contributed by atoms with E-state index in [4.69, 9.17) is 0 Å². The van der Waals surface area contributed by atoms with E-state index in [1.54, 1.807) is 0 Å². The first-order chi connectivity index (χ1) is 8.92. The van der Waals surface area contributed by atoms with E-state index in [0.717, 1.165) is 17.8 Å². The Bertz CT molecular complexity index is 247. The highest BCUT2D eigenvalue weighted by atomic mass is 15.1. The summed E-state index contributed by atoms with van der Waals surface area (Å²) in [7, 11) is 0. The molecule has 2 heterocycles. The van der Waals surface area contributed by atoms with Gasteiger partial charge in [-0.15, -0.1) is 0 Å². The summed E-state index contributed by atoms with van der Waals surface area (Å²) in [5.74, 6) is 3.16. The van der Waals surface area contributed by atoms with Gasteiger partial charge in [0.15, 0.2) is 0 Å². The third kappa shape index (κ3) is 3.27. The Morgan fingerprint density at radius 1 is 0.889 bits per heavy atom. The Kier molecular flexibility index (Phi) is 4.58. The van der Waals surface area contributed by atoms with Crippen molar-refractivity contribution in [2.24, 2.45) is 17.8 Å². The molecule has 2 heteroatoms. The van der Waals surface area contributed by atoms with E-state index in [1.807, 2.05) is 0 Å². The minimum atomic E-state index is 1.01. The Morgan fingerprint density at radius 2 is 1.67 bits per heavy atom. The van der Waals surface area contributed by atoms with Crippen LogP contribution in [0.15, 0.2) is 0 Å². The molecule has 3 aliphatic rings. The van der Waals surface area contributed by atoms with Crippen LogP contribution in [0.25, 0.3) is 0 Å². The second-order valence-corrected chi connectivity index (χ2v) is 6.88. The molecule has 0 amide bonds. The average Bonchev–Trinajstić information content (AvgIpc) is 2.46. The lowest BCUT2D eigenvalue weighted by Crippen LogP contribution is -2.42. The summed E-state index contributed by atoms with van der Waals surface area (Å²) in [6.45, 7) is 6.72. The van der Waals surface area contributed by atoms with Gasteiger partial charge in [-0.05, 0) is 76.0 Å². The van der Waals surface area contributed by atoms with Gasteiger partial charge in [0, 0.05) is 6.54 Å². The molecule has 0 aromatic heterocycles. The van der Waals surface area contributed by atoms with Gasteiger partial charge in [0.05, 0.1) is 0 Å². The fourth-order valence-corrected chi connectivity index (χ4v) is 4.41. The summed E-state index contributed by atoms with van der Waals surface area (Å²) < 4.78 is 0. The Labute approximate surface area is 113 Å². The van der Waals surface area contributed by atoms with Crippen molar-refractivity contribution in [3.05, 3.63) is 0 Å². The number of likely N-dealkylation sites (tertiary alicyclic amines) is 1. The SMILES string of the molecule is C1CC[C@@H]2CN(CCC3CCNCC3)CC[C@@H]2C1. The van der Waals surface area contributed by atoms with Crippen molar-refractivity contribution < 1.29 is 0 Å². The van der Waals surface area contributed by atoms with Gasteiger partial charge in [-0.2, -0.15) is 0 Å². The number of hydrogen-bond donors (Lipinski definition) is 1. The van der Waals surface area contributed by atoms with Crippen molar-refractivity contribution in [2.75, 3.05) is 32.7 Å². The summed E-state index contributed by atoms with van der Waals surface area (Å²) in [5.41, 5.74) is 0. The van der Waals surface area contributed by atoms with E-state index in [0.29, 0.717) is 0 Å². The van der Waals surface area contributed by atoms with Crippen molar-refractivity contribution in [1.29, 1.82) is 0 Å². The Hall–Kier alpha value is -0.0800. The largest absolute Gasteiger partial charge is 0.317 e. The van der Waals surface area contributed by atoms with E-state index < -0.39 is 0 Å². The number of piperidine rings is 2. The molecular weight excluding hydrogens is 220 g/mol. The van der Waals surface area contributed by atoms with E-state index in [9.17, 15) is 0 Å². The van der Waals surface area contributed by atoms with E-state index in [1.165, 1.54) is 84.1 Å². The summed E-state index contributed by atoms with van der Waals surface area (Å²) in [4.78, 5) is 2.79. The topological polar surface area (TPSA) is 15.3 Å². The molecule has 18 heavy (non-hydrogen) atoms. The molecule has 2 atom stereocenters. The zero-order valence-corrected chi connectivity index (χ0v) is 11.9. The molecule has 1 saturated carbocycles. The maximum Gasteiger partial charge on any atom is 0.00123 e. The van der Waals surface area contributed by atoms with Gasteiger partial charge in [-0.3, -0.25) is 0 Å². The molecule has 0 radical (unpaired) electrons. The minimum absolute atomic E-state index is 1.01. The van der Waals surface area contributed by atoms with Crippen molar-refractivity contribution in [1.82, 2.24) is 10.2 Å². The minimum Gasteiger partial charge on any atom is -0.317 e. The molecule has 0 unspecified atom stereocenters. The van der Waals surface area contributed by atoms with Crippen LogP contribution in [0.3, 0.4) is 0 Å². The van der Waals surface area contributed by atoms with Crippen LogP contribution in [0.4, 0.5) is 0 Å². The van der Waals surface area contributed by atoms with E-state index >= 15 is 0 Å². The third-order valence-electron chi connectivity index (χ3n) is 5.69. The molecule has 2 saturated heterocycles. The van der Waals surface area contributed by atoms with Crippen molar-refractivity contribution in [3.8, 4) is 0 Å².